The molecule has 2 aromatic carbocycles. The molecule has 0 saturated carbocycles. The van der Waals surface area contributed by atoms with Crippen molar-refractivity contribution in [2.75, 3.05) is 0 Å². The standard InChI is InChI=1S/C17H14N2O4/c1-11(20)16-14-9-13(23-10-12-5-3-2-4-6-12)7-8-15(14)19(18-16)17(21)22/h2-9H,10H2,1H3,(H,21,22). The number of ether oxygens (including phenoxy) is 1. The molecule has 0 unspecified atom stereocenters. The average molecular weight is 310 g/mol. The van der Waals surface area contributed by atoms with Crippen molar-refractivity contribution in [3.63, 3.8) is 0 Å². The van der Waals surface area contributed by atoms with Crippen LogP contribution in [0.1, 0.15) is 23.0 Å². The summed E-state index contributed by atoms with van der Waals surface area (Å²) in [5.41, 5.74) is 1.49. The van der Waals surface area contributed by atoms with Gasteiger partial charge < -0.3 is 9.84 Å². The molecule has 0 atom stereocenters. The molecule has 3 aromatic rings. The largest absolute Gasteiger partial charge is 0.489 e. The van der Waals surface area contributed by atoms with Crippen LogP contribution in [0.2, 0.25) is 0 Å². The molecule has 3 rings (SSSR count). The maximum atomic E-state index is 11.7. The Balaban J connectivity index is 1.96. The van der Waals surface area contributed by atoms with Crippen LogP contribution >= 0.6 is 0 Å². The zero-order chi connectivity index (χ0) is 16.4. The molecule has 6 nitrogen and oxygen atoms in total. The van der Waals surface area contributed by atoms with Gasteiger partial charge in [-0.15, -0.1) is 0 Å². The van der Waals surface area contributed by atoms with E-state index >= 15 is 0 Å². The highest BCUT2D eigenvalue weighted by molar-refractivity contribution is 6.06. The van der Waals surface area contributed by atoms with Crippen LogP contribution in [-0.2, 0) is 6.61 Å². The summed E-state index contributed by atoms with van der Waals surface area (Å²) >= 11 is 0. The minimum Gasteiger partial charge on any atom is -0.489 e. The van der Waals surface area contributed by atoms with Crippen molar-refractivity contribution in [3.05, 3.63) is 59.8 Å². The molecule has 1 N–H and O–H groups in total. The quantitative estimate of drug-likeness (QED) is 0.747. The number of ketones is 1. The smallest absolute Gasteiger partial charge is 0.432 e. The number of carbonyl (C=O) groups is 2. The number of hydrogen-bond acceptors (Lipinski definition) is 4. The van der Waals surface area contributed by atoms with Crippen LogP contribution < -0.4 is 4.74 Å². The Hall–Kier alpha value is -3.15. The maximum Gasteiger partial charge on any atom is 0.432 e. The average Bonchev–Trinajstić information content (AvgIpc) is 2.93. The van der Waals surface area contributed by atoms with E-state index in [1.54, 1.807) is 18.2 Å². The highest BCUT2D eigenvalue weighted by Gasteiger charge is 2.18. The maximum absolute atomic E-state index is 11.7. The second kappa shape index (κ2) is 5.92. The first-order valence-corrected chi connectivity index (χ1v) is 7.00. The van der Waals surface area contributed by atoms with Crippen LogP contribution in [0.5, 0.6) is 5.75 Å². The summed E-state index contributed by atoms with van der Waals surface area (Å²) in [6.07, 6.45) is -1.24. The van der Waals surface area contributed by atoms with Crippen LogP contribution in [0.3, 0.4) is 0 Å². The summed E-state index contributed by atoms with van der Waals surface area (Å²) in [5, 5.41) is 13.5. The van der Waals surface area contributed by atoms with Crippen LogP contribution in [-0.4, -0.2) is 26.8 Å². The number of fused-ring (bicyclic) bond motifs is 1. The first kappa shape index (κ1) is 14.8. The Morgan fingerprint density at radius 3 is 2.57 bits per heavy atom. The molecule has 0 aliphatic rings. The van der Waals surface area contributed by atoms with E-state index in [4.69, 9.17) is 9.84 Å². The summed E-state index contributed by atoms with van der Waals surface area (Å²) in [4.78, 5) is 22.9. The summed E-state index contributed by atoms with van der Waals surface area (Å²) in [6, 6.07) is 14.6. The first-order chi connectivity index (χ1) is 11.1. The predicted octanol–water partition coefficient (Wildman–Crippen LogP) is 3.34. The Kier molecular flexibility index (Phi) is 3.80. The molecule has 0 amide bonds. The van der Waals surface area contributed by atoms with Crippen LogP contribution in [0.15, 0.2) is 48.5 Å². The summed E-state index contributed by atoms with van der Waals surface area (Å²) in [5.74, 6) is 0.254. The molecule has 6 heteroatoms. The molecule has 0 aliphatic carbocycles. The minimum atomic E-state index is -1.24. The number of carbonyl (C=O) groups excluding carboxylic acids is 1. The first-order valence-electron chi connectivity index (χ1n) is 7.00. The van der Waals surface area contributed by atoms with Gasteiger partial charge in [-0.2, -0.15) is 9.78 Å². The van der Waals surface area contributed by atoms with Crippen molar-refractivity contribution in [2.24, 2.45) is 0 Å². The summed E-state index contributed by atoms with van der Waals surface area (Å²) in [7, 11) is 0. The topological polar surface area (TPSA) is 81.4 Å². The Labute approximate surface area is 131 Å². The van der Waals surface area contributed by atoms with Crippen molar-refractivity contribution in [2.45, 2.75) is 13.5 Å². The lowest BCUT2D eigenvalue weighted by Crippen LogP contribution is -2.10. The normalized spacial score (nSPS) is 10.7. The number of aromatic nitrogens is 2. The van der Waals surface area contributed by atoms with Gasteiger partial charge >= 0.3 is 6.09 Å². The second-order valence-electron chi connectivity index (χ2n) is 5.05. The predicted molar refractivity (Wildman–Crippen MR) is 83.9 cm³/mol. The third kappa shape index (κ3) is 2.91. The summed E-state index contributed by atoms with van der Waals surface area (Å²) in [6.45, 7) is 1.74. The van der Waals surface area contributed by atoms with Gasteiger partial charge in [0.2, 0.25) is 0 Å². The molecule has 0 saturated heterocycles. The van der Waals surface area contributed by atoms with E-state index in [9.17, 15) is 9.59 Å². The van der Waals surface area contributed by atoms with E-state index in [2.05, 4.69) is 5.10 Å². The Bertz CT molecular complexity index is 884. The third-order valence-corrected chi connectivity index (χ3v) is 3.41. The van der Waals surface area contributed by atoms with Gasteiger partial charge in [0.15, 0.2) is 5.78 Å². The summed E-state index contributed by atoms with van der Waals surface area (Å²) < 4.78 is 6.51. The number of nitrogens with zero attached hydrogens (tertiary/aromatic N) is 2. The molecule has 23 heavy (non-hydrogen) atoms. The zero-order valence-corrected chi connectivity index (χ0v) is 12.4. The Morgan fingerprint density at radius 2 is 1.91 bits per heavy atom. The van der Waals surface area contributed by atoms with Crippen molar-refractivity contribution < 1.29 is 19.4 Å². The number of carboxylic acid groups (broad SMARTS) is 1. The number of hydrogen-bond donors (Lipinski definition) is 1. The van der Waals surface area contributed by atoms with Gasteiger partial charge in [0.05, 0.1) is 5.52 Å². The van der Waals surface area contributed by atoms with Gasteiger partial charge in [-0.1, -0.05) is 30.3 Å². The van der Waals surface area contributed by atoms with E-state index < -0.39 is 6.09 Å². The van der Waals surface area contributed by atoms with Gasteiger partial charge in [-0.05, 0) is 23.8 Å². The zero-order valence-electron chi connectivity index (χ0n) is 12.4. The minimum absolute atomic E-state index is 0.118. The van der Waals surface area contributed by atoms with Crippen molar-refractivity contribution in [3.8, 4) is 5.75 Å². The van der Waals surface area contributed by atoms with Crippen LogP contribution in [0.25, 0.3) is 10.9 Å². The fourth-order valence-electron chi connectivity index (χ4n) is 2.33. The molecule has 0 bridgehead atoms. The molecule has 1 heterocycles. The molecular formula is C17H14N2O4. The van der Waals surface area contributed by atoms with E-state index in [1.807, 2.05) is 30.3 Å². The highest BCUT2D eigenvalue weighted by Crippen LogP contribution is 2.25. The fourth-order valence-corrected chi connectivity index (χ4v) is 2.33. The lowest BCUT2D eigenvalue weighted by atomic mass is 10.1. The highest BCUT2D eigenvalue weighted by atomic mass is 16.5. The number of benzene rings is 2. The molecular weight excluding hydrogens is 296 g/mol. The third-order valence-electron chi connectivity index (χ3n) is 3.41. The molecule has 1 aromatic heterocycles. The lowest BCUT2D eigenvalue weighted by molar-refractivity contribution is 0.101. The molecule has 0 aliphatic heterocycles. The van der Waals surface area contributed by atoms with Gasteiger partial charge in [0.25, 0.3) is 0 Å². The molecule has 116 valence electrons. The molecule has 0 radical (unpaired) electrons. The van der Waals surface area contributed by atoms with E-state index in [-0.39, 0.29) is 11.5 Å². The Morgan fingerprint density at radius 1 is 1.17 bits per heavy atom. The van der Waals surface area contributed by atoms with Crippen LogP contribution in [0.4, 0.5) is 4.79 Å². The van der Waals surface area contributed by atoms with Crippen molar-refractivity contribution in [1.29, 1.82) is 0 Å². The van der Waals surface area contributed by atoms with E-state index in [0.717, 1.165) is 10.2 Å². The van der Waals surface area contributed by atoms with Gasteiger partial charge in [-0.3, -0.25) is 4.79 Å². The molecule has 0 spiro atoms. The van der Waals surface area contributed by atoms with Gasteiger partial charge in [0, 0.05) is 12.3 Å². The monoisotopic (exact) mass is 310 g/mol. The number of rotatable bonds is 4. The van der Waals surface area contributed by atoms with Crippen LogP contribution in [0, 0.1) is 0 Å². The second-order valence-corrected chi connectivity index (χ2v) is 5.05. The SMILES string of the molecule is CC(=O)c1nn(C(=O)O)c2ccc(OCc3ccccc3)cc12. The van der Waals surface area contributed by atoms with Crippen molar-refractivity contribution in [1.82, 2.24) is 9.78 Å². The van der Waals surface area contributed by atoms with Crippen molar-refractivity contribution >= 4 is 22.8 Å². The van der Waals surface area contributed by atoms with Gasteiger partial charge in [-0.25, -0.2) is 4.79 Å². The fraction of sp³-hybridized carbons (Fsp3) is 0.118. The lowest BCUT2D eigenvalue weighted by Gasteiger charge is -2.06. The molecule has 0 fully saturated rings. The van der Waals surface area contributed by atoms with E-state index in [0.29, 0.717) is 23.3 Å². The van der Waals surface area contributed by atoms with Gasteiger partial charge in [0.1, 0.15) is 18.1 Å². The van der Waals surface area contributed by atoms with E-state index in [1.165, 1.54) is 6.92 Å². The number of Topliss-reactive ketones (excluding diaryl/α,β-unsaturated/α-hetero) is 1.